The number of likely N-dealkylation sites (N-methyl/N-ethyl adjacent to an activating group) is 1. The van der Waals surface area contributed by atoms with E-state index in [2.05, 4.69) is 10.6 Å². The van der Waals surface area contributed by atoms with Crippen LogP contribution in [0.25, 0.3) is 0 Å². The van der Waals surface area contributed by atoms with Gasteiger partial charge in [0.2, 0.25) is 11.8 Å². The van der Waals surface area contributed by atoms with Crippen LogP contribution in [0.15, 0.2) is 54.6 Å². The van der Waals surface area contributed by atoms with Crippen LogP contribution in [0.2, 0.25) is 5.02 Å². The summed E-state index contributed by atoms with van der Waals surface area (Å²) in [6.07, 6.45) is 6.61. The van der Waals surface area contributed by atoms with Crippen molar-refractivity contribution >= 4 is 35.8 Å². The van der Waals surface area contributed by atoms with Gasteiger partial charge in [0, 0.05) is 24.5 Å². The fraction of sp³-hybridized carbons (Fsp3) is 0.500. The van der Waals surface area contributed by atoms with Crippen LogP contribution >= 0.6 is 11.6 Å². The number of aldehydes is 1. The van der Waals surface area contributed by atoms with Gasteiger partial charge in [-0.15, -0.1) is 0 Å². The molecule has 1 fully saturated rings. The van der Waals surface area contributed by atoms with Gasteiger partial charge in [0.15, 0.2) is 0 Å². The average Bonchev–Trinajstić information content (AvgIpc) is 2.98. The first-order valence-corrected chi connectivity index (χ1v) is 14.8. The molecule has 3 amide bonds. The molecule has 0 radical (unpaired) electrons. The molecule has 8 nitrogen and oxygen atoms in total. The van der Waals surface area contributed by atoms with E-state index in [-0.39, 0.29) is 18.9 Å². The second kappa shape index (κ2) is 16.8. The minimum absolute atomic E-state index is 0.0124. The molecule has 0 heterocycles. The van der Waals surface area contributed by atoms with E-state index in [1.165, 1.54) is 6.42 Å². The average molecular weight is 584 g/mol. The highest BCUT2D eigenvalue weighted by Crippen LogP contribution is 2.27. The number of hydrogen-bond acceptors (Lipinski definition) is 5. The normalized spacial score (nSPS) is 15.7. The van der Waals surface area contributed by atoms with Gasteiger partial charge in [0.05, 0.1) is 6.04 Å². The highest BCUT2D eigenvalue weighted by Gasteiger charge is 2.29. The molecule has 9 heteroatoms. The number of carbonyl (C=O) groups excluding carboxylic acids is 4. The molecule has 3 unspecified atom stereocenters. The predicted octanol–water partition coefficient (Wildman–Crippen LogP) is 5.32. The molecule has 1 aliphatic carbocycles. The predicted molar refractivity (Wildman–Crippen MR) is 159 cm³/mol. The SMILES string of the molecule is CC(CC(C=O)NC(=O)C(CC1CCCCC1)NC(=O)OCc1cccc(Cl)c1)C(=O)N(C)CCc1ccccc1. The van der Waals surface area contributed by atoms with E-state index in [9.17, 15) is 19.2 Å². The monoisotopic (exact) mass is 583 g/mol. The minimum Gasteiger partial charge on any atom is -0.445 e. The molecule has 3 atom stereocenters. The number of carbonyl (C=O) groups is 4. The molecule has 1 aliphatic rings. The Morgan fingerprint density at radius 1 is 1.02 bits per heavy atom. The second-order valence-corrected chi connectivity index (χ2v) is 11.5. The van der Waals surface area contributed by atoms with E-state index in [0.29, 0.717) is 30.2 Å². The summed E-state index contributed by atoms with van der Waals surface area (Å²) in [6, 6.07) is 15.2. The van der Waals surface area contributed by atoms with Crippen molar-refractivity contribution in [2.75, 3.05) is 13.6 Å². The number of nitrogens with one attached hydrogen (secondary N) is 2. The molecule has 41 heavy (non-hydrogen) atoms. The van der Waals surface area contributed by atoms with Gasteiger partial charge in [0.1, 0.15) is 18.9 Å². The molecule has 2 aromatic carbocycles. The van der Waals surface area contributed by atoms with Crippen LogP contribution in [-0.2, 0) is 32.1 Å². The van der Waals surface area contributed by atoms with E-state index in [4.69, 9.17) is 16.3 Å². The molecule has 0 bridgehead atoms. The van der Waals surface area contributed by atoms with Gasteiger partial charge in [-0.05, 0) is 48.4 Å². The summed E-state index contributed by atoms with van der Waals surface area (Å²) < 4.78 is 5.35. The van der Waals surface area contributed by atoms with Gasteiger partial charge in [-0.25, -0.2) is 4.79 Å². The van der Waals surface area contributed by atoms with E-state index >= 15 is 0 Å². The summed E-state index contributed by atoms with van der Waals surface area (Å²) in [4.78, 5) is 52.6. The Labute approximate surface area is 248 Å². The molecule has 222 valence electrons. The van der Waals surface area contributed by atoms with Gasteiger partial charge >= 0.3 is 6.09 Å². The molecule has 0 aliphatic heterocycles. The lowest BCUT2D eigenvalue weighted by Gasteiger charge is -2.28. The van der Waals surface area contributed by atoms with Crippen molar-refractivity contribution in [3.05, 3.63) is 70.7 Å². The Morgan fingerprint density at radius 3 is 2.41 bits per heavy atom. The maximum absolute atomic E-state index is 13.3. The van der Waals surface area contributed by atoms with E-state index < -0.39 is 30.0 Å². The van der Waals surface area contributed by atoms with Crippen molar-refractivity contribution < 1.29 is 23.9 Å². The number of rotatable bonds is 14. The lowest BCUT2D eigenvalue weighted by Crippen LogP contribution is -2.51. The van der Waals surface area contributed by atoms with Gasteiger partial charge in [0.25, 0.3) is 0 Å². The number of nitrogens with zero attached hydrogens (tertiary/aromatic N) is 1. The van der Waals surface area contributed by atoms with Crippen molar-refractivity contribution in [3.63, 3.8) is 0 Å². The Bertz CT molecular complexity index is 1140. The lowest BCUT2D eigenvalue weighted by atomic mass is 9.84. The van der Waals surface area contributed by atoms with Crippen molar-refractivity contribution in [1.29, 1.82) is 0 Å². The van der Waals surface area contributed by atoms with Gasteiger partial charge in [-0.2, -0.15) is 0 Å². The third kappa shape index (κ3) is 11.2. The quantitative estimate of drug-likeness (QED) is 0.293. The van der Waals surface area contributed by atoms with Crippen molar-refractivity contribution in [2.45, 2.75) is 77.0 Å². The first-order chi connectivity index (χ1) is 19.7. The van der Waals surface area contributed by atoms with Crippen LogP contribution in [0.1, 0.15) is 63.0 Å². The Balaban J connectivity index is 1.55. The third-order valence-corrected chi connectivity index (χ3v) is 7.87. The fourth-order valence-corrected chi connectivity index (χ4v) is 5.50. The maximum atomic E-state index is 13.3. The van der Waals surface area contributed by atoms with E-state index in [0.717, 1.165) is 43.2 Å². The van der Waals surface area contributed by atoms with Crippen molar-refractivity contribution in [1.82, 2.24) is 15.5 Å². The van der Waals surface area contributed by atoms with Crippen LogP contribution < -0.4 is 10.6 Å². The van der Waals surface area contributed by atoms with Gasteiger partial charge < -0.3 is 25.1 Å². The fourth-order valence-electron chi connectivity index (χ4n) is 5.29. The molecule has 2 N–H and O–H groups in total. The Kier molecular flexibility index (Phi) is 13.1. The summed E-state index contributed by atoms with van der Waals surface area (Å²) in [5.74, 6) is -0.729. The standard InChI is InChI=1S/C32H42ClN3O5/c1-23(31(39)36(2)17-16-24-10-5-3-6-11-24)18-28(21-37)34-30(38)29(20-25-12-7-4-8-13-25)35-32(40)41-22-26-14-9-15-27(33)19-26/h3,5-6,9-11,14-15,19,21,23,25,28-29H,4,7-8,12-13,16-18,20,22H2,1-2H3,(H,34,38)(H,35,40). The summed E-state index contributed by atoms with van der Waals surface area (Å²) in [7, 11) is 1.75. The Morgan fingerprint density at radius 2 is 1.73 bits per heavy atom. The van der Waals surface area contributed by atoms with Crippen LogP contribution in [0, 0.1) is 11.8 Å². The summed E-state index contributed by atoms with van der Waals surface area (Å²) in [5, 5.41) is 6.01. The number of amides is 3. The van der Waals surface area contributed by atoms with E-state index in [1.807, 2.05) is 30.3 Å². The zero-order valence-corrected chi connectivity index (χ0v) is 24.8. The molecule has 3 rings (SSSR count). The Hall–Kier alpha value is -3.39. The molecule has 0 aromatic heterocycles. The first kappa shape index (κ1) is 32.1. The van der Waals surface area contributed by atoms with Crippen molar-refractivity contribution in [3.8, 4) is 0 Å². The van der Waals surface area contributed by atoms with Crippen molar-refractivity contribution in [2.24, 2.45) is 11.8 Å². The highest BCUT2D eigenvalue weighted by molar-refractivity contribution is 6.30. The zero-order chi connectivity index (χ0) is 29.6. The number of benzene rings is 2. The zero-order valence-electron chi connectivity index (χ0n) is 24.0. The molecular weight excluding hydrogens is 542 g/mol. The molecular formula is C32H42ClN3O5. The molecule has 2 aromatic rings. The van der Waals surface area contributed by atoms with E-state index in [1.54, 1.807) is 43.1 Å². The van der Waals surface area contributed by atoms with Gasteiger partial charge in [-0.3, -0.25) is 9.59 Å². The van der Waals surface area contributed by atoms with Crippen LogP contribution in [0.4, 0.5) is 4.79 Å². The highest BCUT2D eigenvalue weighted by atomic mass is 35.5. The molecule has 1 saturated carbocycles. The largest absolute Gasteiger partial charge is 0.445 e. The van der Waals surface area contributed by atoms with Crippen LogP contribution in [0.5, 0.6) is 0 Å². The summed E-state index contributed by atoms with van der Waals surface area (Å²) >= 11 is 6.01. The topological polar surface area (TPSA) is 105 Å². The lowest BCUT2D eigenvalue weighted by molar-refractivity contribution is -0.134. The van der Waals surface area contributed by atoms with Crippen LogP contribution in [-0.4, -0.2) is 54.8 Å². The van der Waals surface area contributed by atoms with Crippen LogP contribution in [0.3, 0.4) is 0 Å². The van der Waals surface area contributed by atoms with Gasteiger partial charge in [-0.1, -0.05) is 93.1 Å². The smallest absolute Gasteiger partial charge is 0.408 e. The number of halogens is 1. The third-order valence-electron chi connectivity index (χ3n) is 7.64. The second-order valence-electron chi connectivity index (χ2n) is 11.0. The molecule has 0 saturated heterocycles. The minimum atomic E-state index is -0.859. The number of ether oxygens (including phenoxy) is 1. The maximum Gasteiger partial charge on any atom is 0.408 e. The first-order valence-electron chi connectivity index (χ1n) is 14.5. The number of alkyl carbamates (subject to hydrolysis) is 1. The summed E-state index contributed by atoms with van der Waals surface area (Å²) in [6.45, 7) is 2.32. The summed E-state index contributed by atoms with van der Waals surface area (Å²) in [5.41, 5.74) is 1.87. The molecule has 0 spiro atoms. The number of hydrogen-bond donors (Lipinski definition) is 2.